The fourth-order valence-corrected chi connectivity index (χ4v) is 5.15. The normalized spacial score (nSPS) is 22.8. The molecule has 1 heterocycles. The number of urea groups is 1. The Labute approximate surface area is 206 Å². The van der Waals surface area contributed by atoms with Gasteiger partial charge in [-0.2, -0.15) is 0 Å². The fraction of sp³-hybridized carbons (Fsp3) is 0.375. The number of benzene rings is 2. The Morgan fingerprint density at radius 2 is 1.88 bits per heavy atom. The topological polar surface area (TPSA) is 94.0 Å². The molecule has 174 valence electrons. The first-order valence-corrected chi connectivity index (χ1v) is 12.1. The summed E-state index contributed by atoms with van der Waals surface area (Å²) in [5.74, 6) is -0.136. The molecule has 1 atom stereocenters. The van der Waals surface area contributed by atoms with Gasteiger partial charge in [0.15, 0.2) is 0 Å². The molecular formula is C24H26BrClN4O3. The van der Waals surface area contributed by atoms with E-state index in [2.05, 4.69) is 26.6 Å². The van der Waals surface area contributed by atoms with Crippen LogP contribution in [0.2, 0.25) is 5.02 Å². The average Bonchev–Trinajstić information content (AvgIpc) is 2.88. The van der Waals surface area contributed by atoms with Crippen LogP contribution >= 0.6 is 27.5 Å². The lowest BCUT2D eigenvalue weighted by atomic mass is 9.93. The van der Waals surface area contributed by atoms with E-state index in [0.29, 0.717) is 50.6 Å². The molecule has 33 heavy (non-hydrogen) atoms. The first-order valence-electron chi connectivity index (χ1n) is 10.9. The van der Waals surface area contributed by atoms with Crippen LogP contribution in [-0.2, 0) is 4.79 Å². The van der Waals surface area contributed by atoms with E-state index in [1.165, 1.54) is 0 Å². The van der Waals surface area contributed by atoms with Crippen LogP contribution in [0.4, 0.5) is 16.2 Å². The lowest BCUT2D eigenvalue weighted by molar-refractivity contribution is -0.119. The summed E-state index contributed by atoms with van der Waals surface area (Å²) >= 11 is 10.2. The van der Waals surface area contributed by atoms with Gasteiger partial charge in [0.25, 0.3) is 5.91 Å². The van der Waals surface area contributed by atoms with Crippen LogP contribution in [-0.4, -0.2) is 48.0 Å². The summed E-state index contributed by atoms with van der Waals surface area (Å²) in [7, 11) is 1.71. The average molecular weight is 534 g/mol. The highest BCUT2D eigenvalue weighted by atomic mass is 79.9. The number of fused-ring (bicyclic) bond motifs is 1. The third-order valence-electron chi connectivity index (χ3n) is 6.14. The van der Waals surface area contributed by atoms with E-state index in [-0.39, 0.29) is 24.1 Å². The van der Waals surface area contributed by atoms with Gasteiger partial charge in [-0.3, -0.25) is 9.79 Å². The molecule has 1 unspecified atom stereocenters. The van der Waals surface area contributed by atoms with Crippen LogP contribution in [0.3, 0.4) is 0 Å². The molecule has 1 saturated carbocycles. The van der Waals surface area contributed by atoms with Gasteiger partial charge >= 0.3 is 6.03 Å². The number of anilines is 2. The molecular weight excluding hydrogens is 508 g/mol. The van der Waals surface area contributed by atoms with Crippen molar-refractivity contribution in [1.29, 1.82) is 0 Å². The molecule has 3 amide bonds. The molecule has 2 aromatic rings. The number of rotatable bonds is 3. The number of hydrogen-bond acceptors (Lipinski definition) is 4. The van der Waals surface area contributed by atoms with Crippen molar-refractivity contribution in [2.24, 2.45) is 4.99 Å². The zero-order valence-electron chi connectivity index (χ0n) is 18.4. The molecule has 3 N–H and O–H groups in total. The highest BCUT2D eigenvalue weighted by Gasteiger charge is 2.31. The number of halogens is 2. The predicted octanol–water partition coefficient (Wildman–Crippen LogP) is 4.73. The largest absolute Gasteiger partial charge is 0.393 e. The Bertz CT molecular complexity index is 1110. The van der Waals surface area contributed by atoms with Gasteiger partial charge in [0.05, 0.1) is 27.7 Å². The molecule has 0 spiro atoms. The summed E-state index contributed by atoms with van der Waals surface area (Å²) in [5, 5.41) is 16.1. The Balaban J connectivity index is 1.70. The molecule has 9 heteroatoms. The number of aliphatic hydroxyl groups excluding tert-OH is 1. The monoisotopic (exact) mass is 532 g/mol. The minimum absolute atomic E-state index is 0.0258. The molecule has 4 rings (SSSR count). The van der Waals surface area contributed by atoms with Crippen molar-refractivity contribution in [2.45, 2.75) is 50.8 Å². The van der Waals surface area contributed by atoms with Gasteiger partial charge in [-0.05, 0) is 66.7 Å². The third kappa shape index (κ3) is 4.93. The second kappa shape index (κ2) is 9.83. The lowest BCUT2D eigenvalue weighted by Crippen LogP contribution is -2.41. The fourth-order valence-electron chi connectivity index (χ4n) is 4.30. The Morgan fingerprint density at radius 3 is 2.58 bits per heavy atom. The van der Waals surface area contributed by atoms with E-state index in [4.69, 9.17) is 16.6 Å². The van der Waals surface area contributed by atoms with Gasteiger partial charge < -0.3 is 20.6 Å². The van der Waals surface area contributed by atoms with Crippen LogP contribution in [0.5, 0.6) is 0 Å². The SMILES string of the molecule is CC1N=C(c2ccccc2Cl)c2c(ccc(NC(=O)NC3CCC(O)CC3)c2Br)N(C)C1=O. The van der Waals surface area contributed by atoms with Crippen molar-refractivity contribution in [3.8, 4) is 0 Å². The van der Waals surface area contributed by atoms with E-state index in [0.717, 1.165) is 12.8 Å². The highest BCUT2D eigenvalue weighted by Crippen LogP contribution is 2.39. The molecule has 1 fully saturated rings. The van der Waals surface area contributed by atoms with Gasteiger partial charge in [-0.15, -0.1) is 0 Å². The van der Waals surface area contributed by atoms with Crippen LogP contribution in [0, 0.1) is 0 Å². The number of nitrogens with zero attached hydrogens (tertiary/aromatic N) is 2. The second-order valence-corrected chi connectivity index (χ2v) is 9.66. The number of aliphatic hydroxyl groups is 1. The standard InChI is InChI=1S/C24H26BrClN4O3/c1-13-23(32)30(2)19-12-11-18(29-24(33)28-14-7-9-15(31)10-8-14)21(25)20(19)22(27-13)16-5-3-4-6-17(16)26/h3-6,11-15,31H,7-10H2,1-2H3,(H2,28,29,33). The second-order valence-electron chi connectivity index (χ2n) is 8.46. The number of nitrogens with one attached hydrogen (secondary N) is 2. The minimum atomic E-state index is -0.595. The van der Waals surface area contributed by atoms with Gasteiger partial charge in [0.1, 0.15) is 6.04 Å². The maximum Gasteiger partial charge on any atom is 0.319 e. The van der Waals surface area contributed by atoms with Crippen molar-refractivity contribution in [1.82, 2.24) is 5.32 Å². The van der Waals surface area contributed by atoms with Crippen molar-refractivity contribution in [2.75, 3.05) is 17.3 Å². The Morgan fingerprint density at radius 1 is 1.18 bits per heavy atom. The molecule has 7 nitrogen and oxygen atoms in total. The van der Waals surface area contributed by atoms with E-state index >= 15 is 0 Å². The maximum atomic E-state index is 12.9. The number of hydrogen-bond donors (Lipinski definition) is 3. The molecule has 1 aliphatic heterocycles. The van der Waals surface area contributed by atoms with E-state index < -0.39 is 6.04 Å². The summed E-state index contributed by atoms with van der Waals surface area (Å²) < 4.78 is 0.613. The first-order chi connectivity index (χ1) is 15.8. The van der Waals surface area contributed by atoms with Gasteiger partial charge in [0.2, 0.25) is 0 Å². The van der Waals surface area contributed by atoms with Crippen molar-refractivity contribution < 1.29 is 14.7 Å². The highest BCUT2D eigenvalue weighted by molar-refractivity contribution is 9.10. The molecule has 1 aliphatic carbocycles. The molecule has 0 radical (unpaired) electrons. The maximum absolute atomic E-state index is 12.9. The quantitative estimate of drug-likeness (QED) is 0.532. The molecule has 0 aromatic heterocycles. The number of benzodiazepines with no additional fused rings is 1. The number of amides is 3. The van der Waals surface area contributed by atoms with Crippen molar-refractivity contribution >= 4 is 56.6 Å². The van der Waals surface area contributed by atoms with Crippen LogP contribution < -0.4 is 15.5 Å². The summed E-state index contributed by atoms with van der Waals surface area (Å²) in [5.41, 5.74) is 3.19. The van der Waals surface area contributed by atoms with E-state index in [9.17, 15) is 14.7 Å². The summed E-state index contributed by atoms with van der Waals surface area (Å²) in [6, 6.07) is 10.0. The van der Waals surface area contributed by atoms with E-state index in [1.54, 1.807) is 37.1 Å². The first kappa shape index (κ1) is 23.7. The zero-order valence-corrected chi connectivity index (χ0v) is 20.8. The number of likely N-dealkylation sites (N-methyl/N-ethyl adjacent to an activating group) is 1. The number of carbonyl (C=O) groups excluding carboxylic acids is 2. The van der Waals surface area contributed by atoms with Crippen LogP contribution in [0.1, 0.15) is 43.7 Å². The summed E-state index contributed by atoms with van der Waals surface area (Å²) in [6.45, 7) is 1.75. The predicted molar refractivity (Wildman–Crippen MR) is 135 cm³/mol. The molecule has 0 bridgehead atoms. The number of aliphatic imine (C=N–C) groups is 1. The lowest BCUT2D eigenvalue weighted by Gasteiger charge is -2.26. The minimum Gasteiger partial charge on any atom is -0.393 e. The van der Waals surface area contributed by atoms with Crippen LogP contribution in [0.25, 0.3) is 0 Å². The van der Waals surface area contributed by atoms with Crippen molar-refractivity contribution in [3.63, 3.8) is 0 Å². The molecule has 2 aliphatic rings. The molecule has 0 saturated heterocycles. The van der Waals surface area contributed by atoms with Gasteiger partial charge in [-0.25, -0.2) is 4.79 Å². The Hall–Kier alpha value is -2.42. The van der Waals surface area contributed by atoms with Crippen molar-refractivity contribution in [3.05, 3.63) is 57.0 Å². The van der Waals surface area contributed by atoms with Gasteiger partial charge in [-0.1, -0.05) is 29.8 Å². The third-order valence-corrected chi connectivity index (χ3v) is 7.29. The van der Waals surface area contributed by atoms with Gasteiger partial charge in [0, 0.05) is 29.2 Å². The zero-order chi connectivity index (χ0) is 23.7. The van der Waals surface area contributed by atoms with E-state index in [1.807, 2.05) is 18.2 Å². The van der Waals surface area contributed by atoms with Crippen LogP contribution in [0.15, 0.2) is 45.9 Å². The smallest absolute Gasteiger partial charge is 0.319 e. The summed E-state index contributed by atoms with van der Waals surface area (Å²) in [4.78, 5) is 31.9. The summed E-state index contributed by atoms with van der Waals surface area (Å²) in [6.07, 6.45) is 2.57. The Kier molecular flexibility index (Phi) is 7.07. The molecule has 2 aromatic carbocycles. The number of carbonyl (C=O) groups is 2.